The average molecular weight is 441 g/mol. The fourth-order valence-electron chi connectivity index (χ4n) is 2.95. The molecular weight excluding hydrogens is 424 g/mol. The van der Waals surface area contributed by atoms with E-state index in [0.29, 0.717) is 10.2 Å². The predicted molar refractivity (Wildman–Crippen MR) is 118 cm³/mol. The van der Waals surface area contributed by atoms with Gasteiger partial charge >= 0.3 is 0 Å². The van der Waals surface area contributed by atoms with Crippen molar-refractivity contribution in [2.24, 2.45) is 0 Å². The van der Waals surface area contributed by atoms with Gasteiger partial charge in [0, 0.05) is 22.2 Å². The molecule has 0 radical (unpaired) electrons. The Bertz CT molecular complexity index is 1410. The fourth-order valence-corrected chi connectivity index (χ4v) is 4.42. The summed E-state index contributed by atoms with van der Waals surface area (Å²) in [4.78, 5) is 30.5. The predicted octanol–water partition coefficient (Wildman–Crippen LogP) is 2.88. The minimum atomic E-state index is -3.48. The number of nitrogens with zero attached hydrogens (tertiary/aromatic N) is 2. The number of thiophene rings is 1. The molecule has 0 saturated carbocycles. The van der Waals surface area contributed by atoms with Crippen LogP contribution in [0.5, 0.6) is 0 Å². The standard InChI is InChI=1S/C20H16N4O4S2/c1-30(27,28)23-15-9-5-8-14(10-15)18(25)22-24-12-21-19-17(20(24)26)16(11-29-19)13-6-3-2-4-7-13/h2-12,23H,1H3,(H,22,25). The van der Waals surface area contributed by atoms with Crippen molar-refractivity contribution in [3.63, 3.8) is 0 Å². The smallest absolute Gasteiger partial charge is 0.281 e. The molecule has 152 valence electrons. The topological polar surface area (TPSA) is 110 Å². The number of hydrogen-bond donors (Lipinski definition) is 2. The Morgan fingerprint density at radius 3 is 2.60 bits per heavy atom. The third-order valence-corrected chi connectivity index (χ3v) is 5.72. The van der Waals surface area contributed by atoms with E-state index in [4.69, 9.17) is 0 Å². The lowest BCUT2D eigenvalue weighted by molar-refractivity contribution is 0.101. The van der Waals surface area contributed by atoms with Gasteiger partial charge in [0.1, 0.15) is 11.2 Å². The Morgan fingerprint density at radius 1 is 1.10 bits per heavy atom. The van der Waals surface area contributed by atoms with Crippen molar-refractivity contribution in [3.8, 4) is 11.1 Å². The maximum absolute atomic E-state index is 13.0. The van der Waals surface area contributed by atoms with E-state index in [1.54, 1.807) is 6.07 Å². The Labute approximate surface area is 175 Å². The minimum absolute atomic E-state index is 0.184. The number of aromatic nitrogens is 2. The second-order valence-corrected chi connectivity index (χ2v) is 9.12. The summed E-state index contributed by atoms with van der Waals surface area (Å²) >= 11 is 1.35. The summed E-state index contributed by atoms with van der Waals surface area (Å²) in [6.07, 6.45) is 2.28. The number of rotatable bonds is 5. The van der Waals surface area contributed by atoms with E-state index in [1.807, 2.05) is 35.7 Å². The van der Waals surface area contributed by atoms with Crippen molar-refractivity contribution in [2.75, 3.05) is 16.4 Å². The van der Waals surface area contributed by atoms with E-state index in [1.165, 1.54) is 35.9 Å². The zero-order valence-electron chi connectivity index (χ0n) is 15.7. The molecule has 2 heterocycles. The van der Waals surface area contributed by atoms with Gasteiger partial charge in [-0.15, -0.1) is 11.3 Å². The van der Waals surface area contributed by atoms with Gasteiger partial charge in [-0.05, 0) is 23.8 Å². The van der Waals surface area contributed by atoms with E-state index in [9.17, 15) is 18.0 Å². The molecule has 8 nitrogen and oxygen atoms in total. The van der Waals surface area contributed by atoms with Crippen LogP contribution in [0.2, 0.25) is 0 Å². The molecule has 0 spiro atoms. The van der Waals surface area contributed by atoms with Crippen LogP contribution >= 0.6 is 11.3 Å². The molecule has 0 aliphatic carbocycles. The van der Waals surface area contributed by atoms with Gasteiger partial charge in [-0.1, -0.05) is 36.4 Å². The second-order valence-electron chi connectivity index (χ2n) is 6.51. The maximum Gasteiger partial charge on any atom is 0.281 e. The number of carbonyl (C=O) groups is 1. The molecule has 0 aliphatic heterocycles. The van der Waals surface area contributed by atoms with Crippen LogP contribution in [0.15, 0.2) is 71.1 Å². The molecule has 2 N–H and O–H groups in total. The van der Waals surface area contributed by atoms with Gasteiger partial charge in [-0.3, -0.25) is 19.7 Å². The number of anilines is 1. The monoisotopic (exact) mass is 440 g/mol. The third-order valence-electron chi connectivity index (χ3n) is 4.23. The lowest BCUT2D eigenvalue weighted by Crippen LogP contribution is -2.33. The zero-order chi connectivity index (χ0) is 21.3. The Balaban J connectivity index is 1.68. The first-order valence-corrected chi connectivity index (χ1v) is 11.5. The van der Waals surface area contributed by atoms with Gasteiger partial charge < -0.3 is 0 Å². The van der Waals surface area contributed by atoms with E-state index in [2.05, 4.69) is 15.1 Å². The molecule has 4 rings (SSSR count). The lowest BCUT2D eigenvalue weighted by atomic mass is 10.1. The largest absolute Gasteiger partial charge is 0.284 e. The van der Waals surface area contributed by atoms with Crippen molar-refractivity contribution >= 4 is 43.2 Å². The molecule has 0 atom stereocenters. The molecule has 0 aliphatic rings. The lowest BCUT2D eigenvalue weighted by Gasteiger charge is -2.10. The molecule has 1 amide bonds. The summed E-state index contributed by atoms with van der Waals surface area (Å²) in [5, 5.41) is 2.28. The maximum atomic E-state index is 13.0. The van der Waals surface area contributed by atoms with Crippen LogP contribution in [0, 0.1) is 0 Å². The van der Waals surface area contributed by atoms with Gasteiger partial charge in [-0.2, -0.15) is 0 Å². The molecule has 10 heteroatoms. The summed E-state index contributed by atoms with van der Waals surface area (Å²) < 4.78 is 26.1. The number of amides is 1. The van der Waals surface area contributed by atoms with Crippen molar-refractivity contribution in [1.29, 1.82) is 0 Å². The number of carbonyl (C=O) groups excluding carboxylic acids is 1. The van der Waals surface area contributed by atoms with Gasteiger partial charge in [0.15, 0.2) is 0 Å². The van der Waals surface area contributed by atoms with Crippen molar-refractivity contribution < 1.29 is 13.2 Å². The van der Waals surface area contributed by atoms with Crippen LogP contribution in [-0.2, 0) is 10.0 Å². The Hall–Kier alpha value is -3.50. The van der Waals surface area contributed by atoms with Crippen LogP contribution in [-0.4, -0.2) is 30.2 Å². The molecule has 0 fully saturated rings. The van der Waals surface area contributed by atoms with Crippen molar-refractivity contribution in [3.05, 3.63) is 82.2 Å². The Morgan fingerprint density at radius 2 is 1.87 bits per heavy atom. The first-order valence-electron chi connectivity index (χ1n) is 8.75. The van der Waals surface area contributed by atoms with Gasteiger partial charge in [0.05, 0.1) is 11.6 Å². The van der Waals surface area contributed by atoms with Crippen molar-refractivity contribution in [1.82, 2.24) is 9.66 Å². The van der Waals surface area contributed by atoms with E-state index in [0.717, 1.165) is 22.1 Å². The molecule has 30 heavy (non-hydrogen) atoms. The summed E-state index contributed by atoms with van der Waals surface area (Å²) in [6.45, 7) is 0. The third kappa shape index (κ3) is 4.09. The highest BCUT2D eigenvalue weighted by molar-refractivity contribution is 7.92. The van der Waals surface area contributed by atoms with E-state index >= 15 is 0 Å². The summed E-state index contributed by atoms with van der Waals surface area (Å²) in [5.41, 5.74) is 4.16. The van der Waals surface area contributed by atoms with Gasteiger partial charge in [0.25, 0.3) is 11.5 Å². The molecule has 2 aromatic carbocycles. The number of sulfonamides is 1. The fraction of sp³-hybridized carbons (Fsp3) is 0.0500. The highest BCUT2D eigenvalue weighted by Gasteiger charge is 2.15. The average Bonchev–Trinajstić information content (AvgIpc) is 3.14. The molecule has 0 unspecified atom stereocenters. The first-order chi connectivity index (χ1) is 14.3. The molecular formula is C20H16N4O4S2. The summed E-state index contributed by atoms with van der Waals surface area (Å²) in [7, 11) is -3.48. The van der Waals surface area contributed by atoms with E-state index < -0.39 is 21.5 Å². The van der Waals surface area contributed by atoms with Crippen LogP contribution in [0.4, 0.5) is 5.69 Å². The van der Waals surface area contributed by atoms with E-state index in [-0.39, 0.29) is 11.3 Å². The molecule has 4 aromatic rings. The first kappa shape index (κ1) is 19.8. The molecule has 0 bridgehead atoms. The van der Waals surface area contributed by atoms with Crippen LogP contribution in [0.25, 0.3) is 21.3 Å². The zero-order valence-corrected chi connectivity index (χ0v) is 17.3. The number of benzene rings is 2. The normalized spacial score (nSPS) is 11.4. The molecule has 2 aromatic heterocycles. The number of fused-ring (bicyclic) bond motifs is 1. The van der Waals surface area contributed by atoms with Gasteiger partial charge in [0.2, 0.25) is 10.0 Å². The summed E-state index contributed by atoms with van der Waals surface area (Å²) in [5.74, 6) is -0.577. The van der Waals surface area contributed by atoms with Gasteiger partial charge in [-0.25, -0.2) is 18.1 Å². The Kier molecular flexibility index (Phi) is 5.10. The van der Waals surface area contributed by atoms with Crippen LogP contribution < -0.4 is 15.7 Å². The van der Waals surface area contributed by atoms with Crippen molar-refractivity contribution in [2.45, 2.75) is 0 Å². The second kappa shape index (κ2) is 7.73. The van der Waals surface area contributed by atoms with Crippen LogP contribution in [0.3, 0.4) is 0 Å². The van der Waals surface area contributed by atoms with Crippen LogP contribution in [0.1, 0.15) is 10.4 Å². The highest BCUT2D eigenvalue weighted by Crippen LogP contribution is 2.30. The highest BCUT2D eigenvalue weighted by atomic mass is 32.2. The SMILES string of the molecule is CS(=O)(=O)Nc1cccc(C(=O)Nn2cnc3scc(-c4ccccc4)c3c2=O)c1. The molecule has 0 saturated heterocycles. The number of hydrogen-bond acceptors (Lipinski definition) is 6. The summed E-state index contributed by atoms with van der Waals surface area (Å²) in [6, 6.07) is 15.4. The quantitative estimate of drug-likeness (QED) is 0.496. The number of nitrogens with one attached hydrogen (secondary N) is 2. The minimum Gasteiger partial charge on any atom is -0.284 e.